The summed E-state index contributed by atoms with van der Waals surface area (Å²) in [5.41, 5.74) is -0.941. The zero-order valence-corrected chi connectivity index (χ0v) is 8.69. The molecule has 0 unspecified atom stereocenters. The first-order valence-corrected chi connectivity index (χ1v) is 4.52. The van der Waals surface area contributed by atoms with Crippen molar-refractivity contribution in [1.29, 1.82) is 0 Å². The minimum absolute atomic E-state index is 0.0144. The minimum atomic E-state index is -0.941. The Labute approximate surface area is 87.9 Å². The molecule has 0 fully saturated rings. The molecule has 2 N–H and O–H groups in total. The van der Waals surface area contributed by atoms with Crippen molar-refractivity contribution in [3.05, 3.63) is 23.7 Å². The van der Waals surface area contributed by atoms with Crippen LogP contribution in [-0.4, -0.2) is 29.1 Å². The van der Waals surface area contributed by atoms with Gasteiger partial charge in [-0.1, -0.05) is 0 Å². The third-order valence-electron chi connectivity index (χ3n) is 1.77. The molecular weight excluding hydrogens is 199 g/mol. The zero-order valence-electron chi connectivity index (χ0n) is 8.69. The van der Waals surface area contributed by atoms with Crippen molar-refractivity contribution in [2.75, 3.05) is 0 Å². The first kappa shape index (κ1) is 11.8. The molecule has 0 atom stereocenters. The predicted molar refractivity (Wildman–Crippen MR) is 53.5 cm³/mol. The quantitative estimate of drug-likeness (QED) is 0.542. The molecule has 0 radical (unpaired) electrons. The lowest BCUT2D eigenvalue weighted by atomic mass is 9.78. The van der Waals surface area contributed by atoms with Gasteiger partial charge in [0, 0.05) is 0 Å². The van der Waals surface area contributed by atoms with Gasteiger partial charge in [0.1, 0.15) is 17.9 Å². The largest absolute Gasteiger partial charge is 0.460 e. The van der Waals surface area contributed by atoms with Crippen LogP contribution in [0, 0.1) is 0 Å². The molecule has 0 aliphatic rings. The maximum atomic E-state index is 11.4. The summed E-state index contributed by atoms with van der Waals surface area (Å²) >= 11 is 0. The first-order valence-electron chi connectivity index (χ1n) is 4.52. The number of hydrogen-bond acceptors (Lipinski definition) is 5. The smallest absolute Gasteiger partial charge is 0.374 e. The van der Waals surface area contributed by atoms with Crippen LogP contribution in [0.4, 0.5) is 0 Å². The van der Waals surface area contributed by atoms with Gasteiger partial charge in [-0.15, -0.1) is 0 Å². The molecule has 0 amide bonds. The van der Waals surface area contributed by atoms with E-state index in [9.17, 15) is 4.79 Å². The number of rotatable bonds is 4. The van der Waals surface area contributed by atoms with Gasteiger partial charge in [0.05, 0.1) is 0 Å². The topological polar surface area (TPSA) is 79.9 Å². The molecule has 0 aliphatic carbocycles. The van der Waals surface area contributed by atoms with Crippen molar-refractivity contribution < 1.29 is 24.1 Å². The number of aliphatic hydroxyl groups is 1. The third kappa shape index (κ3) is 3.11. The Kier molecular flexibility index (Phi) is 3.54. The SMILES string of the molecule is CC(C)(BO)OC(=O)c1ccc(CO)o1. The van der Waals surface area contributed by atoms with Gasteiger partial charge < -0.3 is 19.3 Å². The number of carbonyl (C=O) groups is 1. The third-order valence-corrected chi connectivity index (χ3v) is 1.77. The van der Waals surface area contributed by atoms with E-state index < -0.39 is 11.5 Å². The Morgan fingerprint density at radius 2 is 2.27 bits per heavy atom. The molecule has 82 valence electrons. The van der Waals surface area contributed by atoms with E-state index >= 15 is 0 Å². The van der Waals surface area contributed by atoms with Crippen LogP contribution in [-0.2, 0) is 11.3 Å². The predicted octanol–water partition coefficient (Wildman–Crippen LogP) is 0.00860. The van der Waals surface area contributed by atoms with Crippen molar-refractivity contribution in [2.45, 2.75) is 26.0 Å². The molecule has 0 saturated heterocycles. The monoisotopic (exact) mass is 212 g/mol. The highest BCUT2D eigenvalue weighted by atomic mass is 16.6. The molecule has 1 heterocycles. The van der Waals surface area contributed by atoms with Crippen molar-refractivity contribution >= 4 is 13.5 Å². The second-order valence-electron chi connectivity index (χ2n) is 3.73. The lowest BCUT2D eigenvalue weighted by Crippen LogP contribution is -2.34. The van der Waals surface area contributed by atoms with Crippen molar-refractivity contribution in [3.63, 3.8) is 0 Å². The molecule has 0 bridgehead atoms. The Balaban J connectivity index is 2.69. The average molecular weight is 212 g/mol. The Morgan fingerprint density at radius 3 is 2.73 bits per heavy atom. The maximum Gasteiger partial charge on any atom is 0.374 e. The molecule has 0 saturated carbocycles. The molecule has 1 aromatic heterocycles. The summed E-state index contributed by atoms with van der Waals surface area (Å²) in [4.78, 5) is 11.4. The zero-order chi connectivity index (χ0) is 11.5. The minimum Gasteiger partial charge on any atom is -0.460 e. The fourth-order valence-electron chi connectivity index (χ4n) is 0.906. The highest BCUT2D eigenvalue weighted by molar-refractivity contribution is 6.30. The van der Waals surface area contributed by atoms with Crippen LogP contribution in [0.15, 0.2) is 16.5 Å². The summed E-state index contributed by atoms with van der Waals surface area (Å²) in [5.74, 6) is -0.349. The van der Waals surface area contributed by atoms with E-state index in [2.05, 4.69) is 0 Å². The lowest BCUT2D eigenvalue weighted by Gasteiger charge is -2.20. The molecule has 6 heteroatoms. The van der Waals surface area contributed by atoms with Crippen LogP contribution in [0.3, 0.4) is 0 Å². The Hall–Kier alpha value is -1.27. The molecule has 0 aliphatic heterocycles. The lowest BCUT2D eigenvalue weighted by molar-refractivity contribution is 0.0198. The van der Waals surface area contributed by atoms with Gasteiger partial charge in [0.15, 0.2) is 0 Å². The Bertz CT molecular complexity index is 344. The van der Waals surface area contributed by atoms with Crippen LogP contribution < -0.4 is 0 Å². The molecule has 15 heavy (non-hydrogen) atoms. The number of hydrogen-bond donors (Lipinski definition) is 2. The molecule has 1 rings (SSSR count). The van der Waals surface area contributed by atoms with Crippen LogP contribution in [0.1, 0.15) is 30.2 Å². The van der Waals surface area contributed by atoms with Crippen molar-refractivity contribution in [1.82, 2.24) is 0 Å². The molecule has 5 nitrogen and oxygen atoms in total. The van der Waals surface area contributed by atoms with Crippen LogP contribution in [0.2, 0.25) is 0 Å². The summed E-state index contributed by atoms with van der Waals surface area (Å²) in [5, 5.41) is 17.6. The van der Waals surface area contributed by atoms with Crippen LogP contribution >= 0.6 is 0 Å². The normalized spacial score (nSPS) is 11.2. The van der Waals surface area contributed by atoms with Crippen molar-refractivity contribution in [2.24, 2.45) is 0 Å². The summed E-state index contributed by atoms with van der Waals surface area (Å²) in [6.07, 6.45) is 0. The molecule has 0 spiro atoms. The Morgan fingerprint density at radius 1 is 1.60 bits per heavy atom. The van der Waals surface area contributed by atoms with Gasteiger partial charge in [-0.05, 0) is 26.0 Å². The van der Waals surface area contributed by atoms with E-state index in [0.29, 0.717) is 5.76 Å². The van der Waals surface area contributed by atoms with Gasteiger partial charge in [-0.3, -0.25) is 0 Å². The number of aliphatic hydroxyl groups excluding tert-OH is 1. The van der Waals surface area contributed by atoms with Crippen LogP contribution in [0.25, 0.3) is 0 Å². The second-order valence-corrected chi connectivity index (χ2v) is 3.73. The summed E-state index contributed by atoms with van der Waals surface area (Å²) in [6, 6.07) is 2.91. The number of furan rings is 1. The fraction of sp³-hybridized carbons (Fsp3) is 0.444. The van der Waals surface area contributed by atoms with Gasteiger partial charge in [0.2, 0.25) is 5.76 Å². The summed E-state index contributed by atoms with van der Waals surface area (Å²) in [6.45, 7) is 2.90. The van der Waals surface area contributed by atoms with Crippen LogP contribution in [0.5, 0.6) is 0 Å². The van der Waals surface area contributed by atoms with E-state index in [0.717, 1.165) is 0 Å². The van der Waals surface area contributed by atoms with Gasteiger partial charge in [-0.2, -0.15) is 0 Å². The van der Waals surface area contributed by atoms with Crippen molar-refractivity contribution in [3.8, 4) is 0 Å². The number of ether oxygens (including phenoxy) is 1. The first-order chi connectivity index (χ1) is 6.98. The van der Waals surface area contributed by atoms with E-state index in [1.54, 1.807) is 13.8 Å². The number of esters is 1. The molecule has 0 aromatic carbocycles. The van der Waals surface area contributed by atoms with Gasteiger partial charge >= 0.3 is 13.5 Å². The molecule has 1 aromatic rings. The highest BCUT2D eigenvalue weighted by Gasteiger charge is 2.26. The average Bonchev–Trinajstić information content (AvgIpc) is 2.65. The van der Waals surface area contributed by atoms with E-state index in [4.69, 9.17) is 19.3 Å². The summed E-state index contributed by atoms with van der Waals surface area (Å²) < 4.78 is 9.95. The van der Waals surface area contributed by atoms with Gasteiger partial charge in [-0.25, -0.2) is 4.79 Å². The standard InChI is InChI=1S/C9H13BO5/c1-9(2,10-13)15-8(12)7-4-3-6(5-11)14-7/h3-4,10-11,13H,5H2,1-2H3. The van der Waals surface area contributed by atoms with E-state index in [1.165, 1.54) is 12.1 Å². The van der Waals surface area contributed by atoms with E-state index in [1.807, 2.05) is 0 Å². The fourth-order valence-corrected chi connectivity index (χ4v) is 0.906. The highest BCUT2D eigenvalue weighted by Crippen LogP contribution is 2.14. The second kappa shape index (κ2) is 4.50. The maximum absolute atomic E-state index is 11.4. The molecular formula is C9H13BO5. The van der Waals surface area contributed by atoms with E-state index in [-0.39, 0.29) is 19.8 Å². The number of carbonyl (C=O) groups excluding carboxylic acids is 1. The summed E-state index contributed by atoms with van der Waals surface area (Å²) in [7, 11) is -0.272. The van der Waals surface area contributed by atoms with Gasteiger partial charge in [0.25, 0.3) is 0 Å².